The minimum atomic E-state index is -2.72. The number of hydrogen-bond acceptors (Lipinski definition) is 4. The third kappa shape index (κ3) is 2.68. The van der Waals surface area contributed by atoms with Crippen LogP contribution in [-0.2, 0) is 0 Å². The van der Waals surface area contributed by atoms with Crippen LogP contribution in [0, 0.1) is 10.1 Å². The van der Waals surface area contributed by atoms with Gasteiger partial charge in [0.2, 0.25) is 5.75 Å². The molecule has 0 aliphatic heterocycles. The molecule has 0 unspecified atom stereocenters. The molecule has 5 nitrogen and oxygen atoms in total. The Balaban J connectivity index is 2.15. The van der Waals surface area contributed by atoms with E-state index in [0.29, 0.717) is 4.47 Å². The highest BCUT2D eigenvalue weighted by molar-refractivity contribution is 9.10. The maximum absolute atomic E-state index is 12.6. The fourth-order valence-corrected chi connectivity index (χ4v) is 1.82. The van der Waals surface area contributed by atoms with Crippen LogP contribution < -0.4 is 4.74 Å². The van der Waals surface area contributed by atoms with Crippen molar-refractivity contribution in [2.75, 3.05) is 0 Å². The van der Waals surface area contributed by atoms with Crippen molar-refractivity contribution in [1.29, 1.82) is 0 Å². The zero-order valence-electron chi connectivity index (χ0n) is 8.40. The number of alkyl halides is 2. The molecule has 17 heavy (non-hydrogen) atoms. The van der Waals surface area contributed by atoms with Gasteiger partial charge in [-0.25, -0.2) is 8.78 Å². The normalized spacial score (nSPS) is 18.5. The molecule has 1 aliphatic carbocycles. The summed E-state index contributed by atoms with van der Waals surface area (Å²) in [5.74, 6) is -3.29. The maximum Gasteiger partial charge on any atom is 0.406 e. The highest BCUT2D eigenvalue weighted by Gasteiger charge is 2.47. The lowest BCUT2D eigenvalue weighted by molar-refractivity contribution is -0.391. The molecular formula is C9H7BrF2N2O3. The van der Waals surface area contributed by atoms with E-state index >= 15 is 0 Å². The minimum Gasteiger partial charge on any atom is -0.482 e. The third-order valence-corrected chi connectivity index (χ3v) is 2.75. The number of rotatable bonds is 3. The molecule has 1 saturated carbocycles. The molecule has 0 N–H and O–H groups in total. The van der Waals surface area contributed by atoms with Crippen LogP contribution in [-0.4, -0.2) is 21.9 Å². The molecule has 1 fully saturated rings. The summed E-state index contributed by atoms with van der Waals surface area (Å²) in [4.78, 5) is 13.5. The smallest absolute Gasteiger partial charge is 0.406 e. The standard InChI is InChI=1S/C9H7BrF2N2O3/c10-5-1-7(8(13-4-5)14(15)16)17-6-2-9(11,12)3-6/h1,4,6H,2-3H2. The van der Waals surface area contributed by atoms with Gasteiger partial charge in [0.05, 0.1) is 4.47 Å². The Labute approximate surface area is 103 Å². The van der Waals surface area contributed by atoms with E-state index in [1.807, 2.05) is 0 Å². The second-order valence-corrected chi connectivity index (χ2v) is 4.65. The molecule has 92 valence electrons. The Morgan fingerprint density at radius 1 is 1.59 bits per heavy atom. The van der Waals surface area contributed by atoms with E-state index in [0.717, 1.165) is 0 Å². The molecule has 8 heteroatoms. The van der Waals surface area contributed by atoms with Crippen LogP contribution in [0.2, 0.25) is 0 Å². The van der Waals surface area contributed by atoms with E-state index in [9.17, 15) is 18.9 Å². The topological polar surface area (TPSA) is 65.3 Å². The number of aromatic nitrogens is 1. The van der Waals surface area contributed by atoms with Crippen LogP contribution >= 0.6 is 15.9 Å². The predicted molar refractivity (Wildman–Crippen MR) is 57.2 cm³/mol. The zero-order valence-corrected chi connectivity index (χ0v) is 9.99. The third-order valence-electron chi connectivity index (χ3n) is 2.32. The number of ether oxygens (including phenoxy) is 1. The molecule has 0 spiro atoms. The maximum atomic E-state index is 12.6. The lowest BCUT2D eigenvalue weighted by atomic mass is 9.91. The van der Waals surface area contributed by atoms with Crippen molar-refractivity contribution in [2.24, 2.45) is 0 Å². The number of nitrogens with zero attached hydrogens (tertiary/aromatic N) is 2. The van der Waals surface area contributed by atoms with Gasteiger partial charge >= 0.3 is 5.82 Å². The summed E-state index contributed by atoms with van der Waals surface area (Å²) >= 11 is 3.08. The van der Waals surface area contributed by atoms with E-state index in [2.05, 4.69) is 20.9 Å². The van der Waals surface area contributed by atoms with Gasteiger partial charge in [0.1, 0.15) is 6.10 Å². The summed E-state index contributed by atoms with van der Waals surface area (Å²) < 4.78 is 30.8. The van der Waals surface area contributed by atoms with Crippen molar-refractivity contribution < 1.29 is 18.4 Å². The van der Waals surface area contributed by atoms with Gasteiger partial charge in [-0.15, -0.1) is 0 Å². The molecule has 1 heterocycles. The van der Waals surface area contributed by atoms with E-state index < -0.39 is 35.6 Å². The molecule has 0 aromatic carbocycles. The van der Waals surface area contributed by atoms with Crippen molar-refractivity contribution >= 4 is 21.7 Å². The van der Waals surface area contributed by atoms with Crippen molar-refractivity contribution in [3.8, 4) is 5.75 Å². The van der Waals surface area contributed by atoms with E-state index in [1.165, 1.54) is 12.3 Å². The molecule has 1 aromatic heterocycles. The number of hydrogen-bond donors (Lipinski definition) is 0. The van der Waals surface area contributed by atoms with Crippen LogP contribution in [0.25, 0.3) is 0 Å². The fraction of sp³-hybridized carbons (Fsp3) is 0.444. The molecule has 2 rings (SSSR count). The first-order valence-corrected chi connectivity index (χ1v) is 5.51. The summed E-state index contributed by atoms with van der Waals surface area (Å²) in [6.45, 7) is 0. The van der Waals surface area contributed by atoms with Gasteiger partial charge in [-0.05, 0) is 25.8 Å². The number of pyridine rings is 1. The van der Waals surface area contributed by atoms with Crippen LogP contribution in [0.4, 0.5) is 14.6 Å². The molecule has 1 aliphatic rings. The highest BCUT2D eigenvalue weighted by Crippen LogP contribution is 2.41. The first-order chi connectivity index (χ1) is 7.87. The Morgan fingerprint density at radius 2 is 2.24 bits per heavy atom. The van der Waals surface area contributed by atoms with Crippen molar-refractivity contribution in [2.45, 2.75) is 24.9 Å². The van der Waals surface area contributed by atoms with Crippen LogP contribution in [0.3, 0.4) is 0 Å². The monoisotopic (exact) mass is 308 g/mol. The fourth-order valence-electron chi connectivity index (χ4n) is 1.51. The second kappa shape index (κ2) is 4.17. The average molecular weight is 309 g/mol. The lowest BCUT2D eigenvalue weighted by Gasteiger charge is -2.34. The van der Waals surface area contributed by atoms with Crippen molar-refractivity contribution in [3.63, 3.8) is 0 Å². The Morgan fingerprint density at radius 3 is 2.76 bits per heavy atom. The average Bonchev–Trinajstić information content (AvgIpc) is 2.14. The second-order valence-electron chi connectivity index (χ2n) is 3.74. The highest BCUT2D eigenvalue weighted by atomic mass is 79.9. The summed E-state index contributed by atoms with van der Waals surface area (Å²) in [5, 5.41) is 10.6. The van der Waals surface area contributed by atoms with Gasteiger partial charge in [0, 0.05) is 18.9 Å². The van der Waals surface area contributed by atoms with Crippen molar-refractivity contribution in [1.82, 2.24) is 4.98 Å². The lowest BCUT2D eigenvalue weighted by Crippen LogP contribution is -2.43. The summed E-state index contributed by atoms with van der Waals surface area (Å²) in [6, 6.07) is 1.35. The number of halogens is 3. The molecular weight excluding hydrogens is 302 g/mol. The van der Waals surface area contributed by atoms with E-state index in [1.54, 1.807) is 0 Å². The van der Waals surface area contributed by atoms with Gasteiger partial charge in [-0.1, -0.05) is 0 Å². The van der Waals surface area contributed by atoms with E-state index in [4.69, 9.17) is 4.74 Å². The molecule has 0 bridgehead atoms. The van der Waals surface area contributed by atoms with Crippen LogP contribution in [0.1, 0.15) is 12.8 Å². The summed E-state index contributed by atoms with van der Waals surface area (Å²) in [6.07, 6.45) is -0.284. The van der Waals surface area contributed by atoms with E-state index in [-0.39, 0.29) is 5.75 Å². The van der Waals surface area contributed by atoms with Gasteiger partial charge in [-0.3, -0.25) is 0 Å². The number of nitro groups is 1. The Kier molecular flexibility index (Phi) is 2.98. The first kappa shape index (κ1) is 12.2. The largest absolute Gasteiger partial charge is 0.482 e. The molecule has 0 atom stereocenters. The van der Waals surface area contributed by atoms with Crippen LogP contribution in [0.15, 0.2) is 16.7 Å². The summed E-state index contributed by atoms with van der Waals surface area (Å²) in [7, 11) is 0. The molecule has 0 amide bonds. The molecule has 0 saturated heterocycles. The van der Waals surface area contributed by atoms with Gasteiger partial charge < -0.3 is 14.9 Å². The van der Waals surface area contributed by atoms with Crippen molar-refractivity contribution in [3.05, 3.63) is 26.9 Å². The quantitative estimate of drug-likeness (QED) is 0.636. The molecule has 1 aromatic rings. The Hall–Kier alpha value is -1.31. The Bertz CT molecular complexity index is 462. The van der Waals surface area contributed by atoms with Crippen LogP contribution in [0.5, 0.6) is 5.75 Å². The van der Waals surface area contributed by atoms with Gasteiger partial charge in [0.15, 0.2) is 6.20 Å². The zero-order chi connectivity index (χ0) is 12.6. The SMILES string of the molecule is O=[N+]([O-])c1ncc(Br)cc1OC1CC(F)(F)C1. The predicted octanol–water partition coefficient (Wildman–Crippen LogP) is 2.93. The first-order valence-electron chi connectivity index (χ1n) is 4.72. The molecule has 0 radical (unpaired) electrons. The minimum absolute atomic E-state index is 0.0927. The van der Waals surface area contributed by atoms with Gasteiger partial charge in [0.25, 0.3) is 5.92 Å². The summed E-state index contributed by atoms with van der Waals surface area (Å²) in [5.41, 5.74) is 0. The van der Waals surface area contributed by atoms with Gasteiger partial charge in [-0.2, -0.15) is 0 Å².